The van der Waals surface area contributed by atoms with Gasteiger partial charge >= 0.3 is 11.9 Å². The lowest BCUT2D eigenvalue weighted by Crippen LogP contribution is -2.17. The van der Waals surface area contributed by atoms with Crippen molar-refractivity contribution in [3.05, 3.63) is 11.5 Å². The number of carbonyl (C=O) groups excluding carboxylic acids is 2. The summed E-state index contributed by atoms with van der Waals surface area (Å²) in [6.07, 6.45) is 3.54. The van der Waals surface area contributed by atoms with Crippen LogP contribution >= 0.6 is 0 Å². The SMILES string of the molecule is CCCCOC1=C(OCCCC)C(CCOC(C)=O)OC1=O. The lowest BCUT2D eigenvalue weighted by molar-refractivity contribution is -0.145. The van der Waals surface area contributed by atoms with Crippen LogP contribution in [-0.4, -0.2) is 37.9 Å². The van der Waals surface area contributed by atoms with Crippen LogP contribution in [0.3, 0.4) is 0 Å². The molecule has 0 amide bonds. The first-order valence-electron chi connectivity index (χ1n) is 7.94. The number of cyclic esters (lactones) is 1. The zero-order valence-electron chi connectivity index (χ0n) is 13.7. The van der Waals surface area contributed by atoms with Crippen molar-refractivity contribution < 1.29 is 28.5 Å². The summed E-state index contributed by atoms with van der Waals surface area (Å²) in [5.74, 6) is -0.268. The second kappa shape index (κ2) is 10.1. The van der Waals surface area contributed by atoms with Crippen molar-refractivity contribution in [2.75, 3.05) is 19.8 Å². The van der Waals surface area contributed by atoms with Crippen LogP contribution in [0.5, 0.6) is 0 Å². The molecule has 22 heavy (non-hydrogen) atoms. The van der Waals surface area contributed by atoms with E-state index in [1.54, 1.807) is 0 Å². The Hall–Kier alpha value is -1.72. The highest BCUT2D eigenvalue weighted by Gasteiger charge is 2.37. The van der Waals surface area contributed by atoms with E-state index < -0.39 is 12.1 Å². The molecule has 0 spiro atoms. The first-order chi connectivity index (χ1) is 10.6. The molecule has 0 aromatic carbocycles. The van der Waals surface area contributed by atoms with Crippen LogP contribution in [0, 0.1) is 0 Å². The van der Waals surface area contributed by atoms with Crippen LogP contribution in [0.25, 0.3) is 0 Å². The molecule has 6 nitrogen and oxygen atoms in total. The van der Waals surface area contributed by atoms with Gasteiger partial charge in [0.05, 0.1) is 19.8 Å². The minimum atomic E-state index is -0.541. The third-order valence-corrected chi connectivity index (χ3v) is 3.14. The van der Waals surface area contributed by atoms with Gasteiger partial charge in [0, 0.05) is 13.3 Å². The fourth-order valence-corrected chi connectivity index (χ4v) is 1.92. The monoisotopic (exact) mass is 314 g/mol. The first-order valence-corrected chi connectivity index (χ1v) is 7.94. The van der Waals surface area contributed by atoms with Crippen molar-refractivity contribution in [2.45, 2.75) is 59.0 Å². The number of esters is 2. The molecule has 126 valence electrons. The molecule has 0 saturated carbocycles. The Bertz CT molecular complexity index is 401. The normalized spacial score (nSPS) is 17.4. The van der Waals surface area contributed by atoms with Crippen molar-refractivity contribution in [3.8, 4) is 0 Å². The molecule has 0 N–H and O–H groups in total. The lowest BCUT2D eigenvalue weighted by Gasteiger charge is -2.14. The lowest BCUT2D eigenvalue weighted by atomic mass is 10.2. The van der Waals surface area contributed by atoms with Crippen LogP contribution in [0.15, 0.2) is 11.5 Å². The van der Waals surface area contributed by atoms with Crippen molar-refractivity contribution in [3.63, 3.8) is 0 Å². The zero-order valence-corrected chi connectivity index (χ0v) is 13.7. The molecule has 1 unspecified atom stereocenters. The van der Waals surface area contributed by atoms with Gasteiger partial charge < -0.3 is 18.9 Å². The van der Waals surface area contributed by atoms with E-state index in [0.29, 0.717) is 25.4 Å². The van der Waals surface area contributed by atoms with Gasteiger partial charge in [-0.25, -0.2) is 4.79 Å². The van der Waals surface area contributed by atoms with Gasteiger partial charge in [0.15, 0.2) is 11.9 Å². The maximum atomic E-state index is 11.9. The van der Waals surface area contributed by atoms with Gasteiger partial charge in [-0.3, -0.25) is 4.79 Å². The Balaban J connectivity index is 2.68. The van der Waals surface area contributed by atoms with E-state index in [1.807, 2.05) is 6.92 Å². The minimum absolute atomic E-state index is 0.164. The standard InChI is InChI=1S/C16H26O6/c1-4-6-9-20-14-13(8-11-19-12(3)17)22-16(18)15(14)21-10-7-5-2/h13H,4-11H2,1-3H3. The first kappa shape index (κ1) is 18.3. The molecule has 1 aliphatic heterocycles. The van der Waals surface area contributed by atoms with Gasteiger partial charge in [-0.2, -0.15) is 0 Å². The molecule has 0 fully saturated rings. The average molecular weight is 314 g/mol. The van der Waals surface area contributed by atoms with E-state index >= 15 is 0 Å². The Morgan fingerprint density at radius 3 is 2.32 bits per heavy atom. The minimum Gasteiger partial charge on any atom is -0.490 e. The third kappa shape index (κ3) is 5.95. The molecule has 0 bridgehead atoms. The molecule has 6 heteroatoms. The van der Waals surface area contributed by atoms with Crippen molar-refractivity contribution in [2.24, 2.45) is 0 Å². The van der Waals surface area contributed by atoms with Crippen molar-refractivity contribution >= 4 is 11.9 Å². The summed E-state index contributed by atoms with van der Waals surface area (Å²) in [4.78, 5) is 22.7. The molecule has 0 aromatic rings. The Kier molecular flexibility index (Phi) is 8.40. The fourth-order valence-electron chi connectivity index (χ4n) is 1.92. The van der Waals surface area contributed by atoms with Gasteiger partial charge in [-0.1, -0.05) is 26.7 Å². The molecule has 0 saturated heterocycles. The quantitative estimate of drug-likeness (QED) is 0.431. The highest BCUT2D eigenvalue weighted by atomic mass is 16.6. The Labute approximate surface area is 131 Å². The predicted molar refractivity (Wildman–Crippen MR) is 79.9 cm³/mol. The van der Waals surface area contributed by atoms with E-state index in [4.69, 9.17) is 18.9 Å². The number of hydrogen-bond acceptors (Lipinski definition) is 6. The summed E-state index contributed by atoms with van der Waals surface area (Å²) in [6.45, 7) is 6.59. The number of rotatable bonds is 11. The predicted octanol–water partition coefficient (Wildman–Crippen LogP) is 2.71. The largest absolute Gasteiger partial charge is 0.490 e. The van der Waals surface area contributed by atoms with Crippen LogP contribution < -0.4 is 0 Å². The highest BCUT2D eigenvalue weighted by Crippen LogP contribution is 2.27. The second-order valence-corrected chi connectivity index (χ2v) is 5.12. The topological polar surface area (TPSA) is 71.1 Å². The molecule has 1 rings (SSSR count). The Morgan fingerprint density at radius 2 is 1.73 bits per heavy atom. The van der Waals surface area contributed by atoms with E-state index in [0.717, 1.165) is 25.7 Å². The van der Waals surface area contributed by atoms with Gasteiger partial charge in [-0.05, 0) is 12.8 Å². The summed E-state index contributed by atoms with van der Waals surface area (Å²) in [7, 11) is 0. The van der Waals surface area contributed by atoms with E-state index in [9.17, 15) is 9.59 Å². The van der Waals surface area contributed by atoms with Crippen LogP contribution in [0.1, 0.15) is 52.9 Å². The fraction of sp³-hybridized carbons (Fsp3) is 0.750. The number of ether oxygens (including phenoxy) is 4. The summed E-state index contributed by atoms with van der Waals surface area (Å²) < 4.78 is 21.4. The molecule has 0 aromatic heterocycles. The van der Waals surface area contributed by atoms with Gasteiger partial charge in [0.1, 0.15) is 0 Å². The van der Waals surface area contributed by atoms with Gasteiger partial charge in [-0.15, -0.1) is 0 Å². The van der Waals surface area contributed by atoms with Crippen LogP contribution in [0.2, 0.25) is 0 Å². The maximum absolute atomic E-state index is 11.9. The Morgan fingerprint density at radius 1 is 1.09 bits per heavy atom. The molecular weight excluding hydrogens is 288 g/mol. The molecule has 0 aliphatic carbocycles. The van der Waals surface area contributed by atoms with E-state index in [-0.39, 0.29) is 18.3 Å². The van der Waals surface area contributed by atoms with Crippen LogP contribution in [0.4, 0.5) is 0 Å². The van der Waals surface area contributed by atoms with Gasteiger partial charge in [0.25, 0.3) is 0 Å². The van der Waals surface area contributed by atoms with Crippen molar-refractivity contribution in [1.29, 1.82) is 0 Å². The highest BCUT2D eigenvalue weighted by molar-refractivity contribution is 5.89. The molecule has 1 atom stereocenters. The second-order valence-electron chi connectivity index (χ2n) is 5.12. The third-order valence-electron chi connectivity index (χ3n) is 3.14. The zero-order chi connectivity index (χ0) is 16.4. The number of unbranched alkanes of at least 4 members (excludes halogenated alkanes) is 2. The number of hydrogen-bond donors (Lipinski definition) is 0. The summed E-state index contributed by atoms with van der Waals surface area (Å²) in [6, 6.07) is 0. The maximum Gasteiger partial charge on any atom is 0.378 e. The molecule has 1 aliphatic rings. The summed E-state index contributed by atoms with van der Waals surface area (Å²) in [5, 5.41) is 0. The van der Waals surface area contributed by atoms with Gasteiger partial charge in [0.2, 0.25) is 5.76 Å². The summed E-state index contributed by atoms with van der Waals surface area (Å²) >= 11 is 0. The van der Waals surface area contributed by atoms with E-state index in [2.05, 4.69) is 6.92 Å². The smallest absolute Gasteiger partial charge is 0.378 e. The average Bonchev–Trinajstić information content (AvgIpc) is 2.76. The number of carbonyl (C=O) groups is 2. The molecule has 1 heterocycles. The van der Waals surface area contributed by atoms with E-state index in [1.165, 1.54) is 6.92 Å². The van der Waals surface area contributed by atoms with Crippen LogP contribution in [-0.2, 0) is 28.5 Å². The molecular formula is C16H26O6. The molecule has 0 radical (unpaired) electrons. The van der Waals surface area contributed by atoms with Crippen molar-refractivity contribution in [1.82, 2.24) is 0 Å². The summed E-state index contributed by atoms with van der Waals surface area (Å²) in [5.41, 5.74) is 0.